The zero-order valence-electron chi connectivity index (χ0n) is 13.8. The molecular formula is C18H21NO4S. The van der Waals surface area contributed by atoms with Crippen LogP contribution >= 0.6 is 0 Å². The Morgan fingerprint density at radius 2 is 2.04 bits per heavy atom. The van der Waals surface area contributed by atoms with E-state index in [4.69, 9.17) is 4.42 Å². The maximum Gasteiger partial charge on any atom is 0.254 e. The highest BCUT2D eigenvalue weighted by Crippen LogP contribution is 2.35. The number of hydrogen-bond acceptors (Lipinski definition) is 4. The standard InChI is InChI=1S/C18H21NO4S/c1-13-8-9-19(16(11-13)17-7-4-10-23-17)18(20)14-5-3-6-15(12-14)24(2,21)22/h3-7,10,12-13,16H,8-9,11H2,1-2H3/t13-,16+/m0/s1. The van der Waals surface area contributed by atoms with Crippen LogP contribution in [0.1, 0.15) is 41.9 Å². The van der Waals surface area contributed by atoms with Crippen molar-refractivity contribution in [1.29, 1.82) is 0 Å². The van der Waals surface area contributed by atoms with Gasteiger partial charge in [0.05, 0.1) is 17.2 Å². The molecule has 1 aliphatic rings. The molecular weight excluding hydrogens is 326 g/mol. The minimum Gasteiger partial charge on any atom is -0.467 e. The Bertz CT molecular complexity index is 826. The lowest BCUT2D eigenvalue weighted by Gasteiger charge is -2.37. The van der Waals surface area contributed by atoms with E-state index >= 15 is 0 Å². The number of nitrogens with zero attached hydrogens (tertiary/aromatic N) is 1. The highest BCUT2D eigenvalue weighted by Gasteiger charge is 2.33. The van der Waals surface area contributed by atoms with Crippen LogP contribution in [0.4, 0.5) is 0 Å². The number of carbonyl (C=O) groups excluding carboxylic acids is 1. The first-order valence-electron chi connectivity index (χ1n) is 8.01. The first-order chi connectivity index (χ1) is 11.4. The summed E-state index contributed by atoms with van der Waals surface area (Å²) >= 11 is 0. The van der Waals surface area contributed by atoms with Gasteiger partial charge in [-0.2, -0.15) is 0 Å². The third-order valence-electron chi connectivity index (χ3n) is 4.51. The lowest BCUT2D eigenvalue weighted by Crippen LogP contribution is -2.40. The molecule has 2 aromatic rings. The molecule has 0 bridgehead atoms. The van der Waals surface area contributed by atoms with Crippen molar-refractivity contribution in [3.63, 3.8) is 0 Å². The van der Waals surface area contributed by atoms with Crippen molar-refractivity contribution in [2.45, 2.75) is 30.7 Å². The second-order valence-corrected chi connectivity index (χ2v) is 8.48. The summed E-state index contributed by atoms with van der Waals surface area (Å²) in [6.07, 6.45) is 4.52. The molecule has 1 aliphatic heterocycles. The number of piperidine rings is 1. The van der Waals surface area contributed by atoms with E-state index in [9.17, 15) is 13.2 Å². The van der Waals surface area contributed by atoms with E-state index in [-0.39, 0.29) is 16.8 Å². The molecule has 6 heteroatoms. The summed E-state index contributed by atoms with van der Waals surface area (Å²) in [5.41, 5.74) is 0.393. The van der Waals surface area contributed by atoms with Crippen LogP contribution in [0.15, 0.2) is 52.0 Å². The van der Waals surface area contributed by atoms with E-state index in [1.54, 1.807) is 23.3 Å². The number of carbonyl (C=O) groups is 1. The van der Waals surface area contributed by atoms with E-state index in [2.05, 4.69) is 6.92 Å². The second-order valence-electron chi connectivity index (χ2n) is 6.46. The normalized spacial score (nSPS) is 21.7. The van der Waals surface area contributed by atoms with Crippen LogP contribution in [0.2, 0.25) is 0 Å². The molecule has 3 rings (SSSR count). The van der Waals surface area contributed by atoms with Gasteiger partial charge in [0.2, 0.25) is 0 Å². The molecule has 1 amide bonds. The molecule has 24 heavy (non-hydrogen) atoms. The van der Waals surface area contributed by atoms with Gasteiger partial charge in [-0.15, -0.1) is 0 Å². The third kappa shape index (κ3) is 3.38. The second kappa shape index (κ2) is 6.43. The van der Waals surface area contributed by atoms with Crippen molar-refractivity contribution in [2.24, 2.45) is 5.92 Å². The van der Waals surface area contributed by atoms with Gasteiger partial charge in [0.15, 0.2) is 9.84 Å². The Hall–Kier alpha value is -2.08. The average molecular weight is 347 g/mol. The number of sulfone groups is 1. The van der Waals surface area contributed by atoms with Gasteiger partial charge in [0.1, 0.15) is 5.76 Å². The quantitative estimate of drug-likeness (QED) is 0.854. The maximum absolute atomic E-state index is 13.0. The zero-order chi connectivity index (χ0) is 17.3. The molecule has 5 nitrogen and oxygen atoms in total. The molecule has 1 aromatic carbocycles. The third-order valence-corrected chi connectivity index (χ3v) is 5.62. The van der Waals surface area contributed by atoms with Crippen LogP contribution in [0, 0.1) is 5.92 Å². The number of likely N-dealkylation sites (tertiary alicyclic amines) is 1. The Labute approximate surface area is 142 Å². The monoisotopic (exact) mass is 347 g/mol. The van der Waals surface area contributed by atoms with Crippen molar-refractivity contribution in [3.05, 3.63) is 54.0 Å². The topological polar surface area (TPSA) is 67.6 Å². The molecule has 128 valence electrons. The van der Waals surface area contributed by atoms with Gasteiger partial charge in [0, 0.05) is 18.4 Å². The van der Waals surface area contributed by atoms with E-state index in [0.29, 0.717) is 18.0 Å². The summed E-state index contributed by atoms with van der Waals surface area (Å²) in [7, 11) is -3.34. The summed E-state index contributed by atoms with van der Waals surface area (Å²) in [5, 5.41) is 0. The van der Waals surface area contributed by atoms with Gasteiger partial charge in [-0.25, -0.2) is 8.42 Å². The summed E-state index contributed by atoms with van der Waals surface area (Å²) in [6, 6.07) is 9.82. The zero-order valence-corrected chi connectivity index (χ0v) is 14.6. The molecule has 0 N–H and O–H groups in total. The summed E-state index contributed by atoms with van der Waals surface area (Å²) in [6.45, 7) is 2.80. The SMILES string of the molecule is C[C@H]1CCN(C(=O)c2cccc(S(C)(=O)=O)c2)[C@@H](c2ccco2)C1. The van der Waals surface area contributed by atoms with Crippen molar-refractivity contribution in [3.8, 4) is 0 Å². The van der Waals surface area contributed by atoms with Gasteiger partial charge >= 0.3 is 0 Å². The maximum atomic E-state index is 13.0. The van der Waals surface area contributed by atoms with Crippen LogP contribution in [0.3, 0.4) is 0 Å². The fourth-order valence-electron chi connectivity index (χ4n) is 3.16. The van der Waals surface area contributed by atoms with Gasteiger partial charge in [0.25, 0.3) is 5.91 Å². The Morgan fingerprint density at radius 1 is 1.25 bits per heavy atom. The first kappa shape index (κ1) is 16.8. The fraction of sp³-hybridized carbons (Fsp3) is 0.389. The predicted octanol–water partition coefficient (Wildman–Crippen LogP) is 3.30. The number of furan rings is 1. The van der Waals surface area contributed by atoms with E-state index in [0.717, 1.165) is 24.9 Å². The molecule has 0 spiro atoms. The molecule has 1 fully saturated rings. The van der Waals surface area contributed by atoms with E-state index < -0.39 is 9.84 Å². The Balaban J connectivity index is 1.93. The molecule has 0 aliphatic carbocycles. The highest BCUT2D eigenvalue weighted by atomic mass is 32.2. The minimum atomic E-state index is -3.34. The largest absolute Gasteiger partial charge is 0.467 e. The van der Waals surface area contributed by atoms with E-state index in [1.165, 1.54) is 12.1 Å². The lowest BCUT2D eigenvalue weighted by molar-refractivity contribution is 0.0520. The van der Waals surface area contributed by atoms with Crippen LogP contribution < -0.4 is 0 Å². The molecule has 0 radical (unpaired) electrons. The number of rotatable bonds is 3. The number of amides is 1. The van der Waals surface area contributed by atoms with Gasteiger partial charge < -0.3 is 9.32 Å². The van der Waals surface area contributed by atoms with Gasteiger partial charge in [-0.1, -0.05) is 13.0 Å². The number of benzene rings is 1. The first-order valence-corrected chi connectivity index (χ1v) is 9.90. The smallest absolute Gasteiger partial charge is 0.254 e. The minimum absolute atomic E-state index is 0.113. The van der Waals surface area contributed by atoms with Gasteiger partial charge in [-0.05, 0) is 49.1 Å². The lowest BCUT2D eigenvalue weighted by atomic mass is 9.90. The molecule has 1 aromatic heterocycles. The molecule has 2 atom stereocenters. The van der Waals surface area contributed by atoms with E-state index in [1.807, 2.05) is 12.1 Å². The summed E-state index contributed by atoms with van der Waals surface area (Å²) in [4.78, 5) is 14.9. The summed E-state index contributed by atoms with van der Waals surface area (Å²) < 4.78 is 29.0. The van der Waals surface area contributed by atoms with Gasteiger partial charge in [-0.3, -0.25) is 4.79 Å². The van der Waals surface area contributed by atoms with Crippen LogP contribution in [0.5, 0.6) is 0 Å². The van der Waals surface area contributed by atoms with Crippen molar-refractivity contribution >= 4 is 15.7 Å². The molecule has 0 unspecified atom stereocenters. The number of hydrogen-bond donors (Lipinski definition) is 0. The molecule has 2 heterocycles. The van der Waals surface area contributed by atoms with Crippen molar-refractivity contribution in [2.75, 3.05) is 12.8 Å². The molecule has 1 saturated heterocycles. The Morgan fingerprint density at radius 3 is 2.71 bits per heavy atom. The van der Waals surface area contributed by atoms with Crippen LogP contribution in [-0.2, 0) is 9.84 Å². The predicted molar refractivity (Wildman–Crippen MR) is 90.4 cm³/mol. The van der Waals surface area contributed by atoms with Crippen molar-refractivity contribution in [1.82, 2.24) is 4.90 Å². The summed E-state index contributed by atoms with van der Waals surface area (Å²) in [5.74, 6) is 1.12. The average Bonchev–Trinajstić information content (AvgIpc) is 3.08. The Kier molecular flexibility index (Phi) is 4.49. The van der Waals surface area contributed by atoms with Crippen LogP contribution in [0.25, 0.3) is 0 Å². The fourth-order valence-corrected chi connectivity index (χ4v) is 3.83. The van der Waals surface area contributed by atoms with Crippen LogP contribution in [-0.4, -0.2) is 32.0 Å². The highest BCUT2D eigenvalue weighted by molar-refractivity contribution is 7.90. The van der Waals surface area contributed by atoms with Crippen molar-refractivity contribution < 1.29 is 17.6 Å². The molecule has 0 saturated carbocycles.